The van der Waals surface area contributed by atoms with E-state index in [1.165, 1.54) is 0 Å². The number of unbranched alkanes of at least 4 members (excludes halogenated alkanes) is 1. The van der Waals surface area contributed by atoms with Gasteiger partial charge >= 0.3 is 8.25 Å². The van der Waals surface area contributed by atoms with Crippen LogP contribution < -0.4 is 0 Å². The van der Waals surface area contributed by atoms with Crippen molar-refractivity contribution in [3.05, 3.63) is 0 Å². The summed E-state index contributed by atoms with van der Waals surface area (Å²) in [5, 5.41) is 0. The topological polar surface area (TPSA) is 63.6 Å². The molecule has 0 aromatic rings. The van der Waals surface area contributed by atoms with Crippen LogP contribution in [0.2, 0.25) is 0 Å². The lowest BCUT2D eigenvalue weighted by molar-refractivity contribution is -0.124. The first kappa shape index (κ1) is 12.7. The van der Waals surface area contributed by atoms with Crippen molar-refractivity contribution < 1.29 is 18.8 Å². The number of rotatable bonds is 7. The fourth-order valence-electron chi connectivity index (χ4n) is 0.932. The zero-order valence-electron chi connectivity index (χ0n) is 8.02. The maximum Gasteiger partial charge on any atom is 0.695 e. The molecular weight excluding hydrogens is 191 g/mol. The number of hydrogen-bond acceptors (Lipinski definition) is 3. The lowest BCUT2D eigenvalue weighted by atomic mass is 10.0. The molecular formula is C8H16O4P+. The normalized spacial score (nSPS) is 13.9. The van der Waals surface area contributed by atoms with E-state index in [0.717, 1.165) is 19.3 Å². The van der Waals surface area contributed by atoms with Crippen molar-refractivity contribution in [2.75, 3.05) is 6.61 Å². The molecule has 0 amide bonds. The van der Waals surface area contributed by atoms with Crippen LogP contribution in [0.3, 0.4) is 0 Å². The molecule has 4 nitrogen and oxygen atoms in total. The highest BCUT2D eigenvalue weighted by molar-refractivity contribution is 7.32. The Morgan fingerprint density at radius 1 is 1.62 bits per heavy atom. The molecule has 0 saturated carbocycles. The van der Waals surface area contributed by atoms with Crippen LogP contribution >= 0.6 is 8.25 Å². The van der Waals surface area contributed by atoms with Gasteiger partial charge in [0.2, 0.25) is 0 Å². The summed E-state index contributed by atoms with van der Waals surface area (Å²) in [5.74, 6) is -0.180. The van der Waals surface area contributed by atoms with Crippen LogP contribution in [0.15, 0.2) is 0 Å². The molecule has 0 aliphatic rings. The summed E-state index contributed by atoms with van der Waals surface area (Å²) in [6.07, 6.45) is 2.87. The third kappa shape index (κ3) is 6.82. The first-order chi connectivity index (χ1) is 6.07. The van der Waals surface area contributed by atoms with Gasteiger partial charge in [-0.2, -0.15) is 0 Å². The Labute approximate surface area is 79.2 Å². The van der Waals surface area contributed by atoms with Crippen LogP contribution in [0.1, 0.15) is 33.1 Å². The van der Waals surface area contributed by atoms with E-state index < -0.39 is 8.25 Å². The number of carbonyl (C=O) groups excluding carboxylic acids is 1. The highest BCUT2D eigenvalue weighted by Crippen LogP contribution is 2.16. The van der Waals surface area contributed by atoms with Gasteiger partial charge in [0.05, 0.1) is 0 Å². The van der Waals surface area contributed by atoms with Crippen LogP contribution in [-0.4, -0.2) is 17.3 Å². The Morgan fingerprint density at radius 3 is 2.69 bits per heavy atom. The van der Waals surface area contributed by atoms with E-state index in [2.05, 4.69) is 11.4 Å². The van der Waals surface area contributed by atoms with Crippen molar-refractivity contribution in [3.63, 3.8) is 0 Å². The number of ketones is 1. The lowest BCUT2D eigenvalue weighted by Gasteiger charge is -2.05. The second-order valence-electron chi connectivity index (χ2n) is 3.02. The Kier molecular flexibility index (Phi) is 6.96. The Hall–Kier alpha value is -0.310. The molecule has 0 rings (SSSR count). The molecule has 0 saturated heterocycles. The van der Waals surface area contributed by atoms with Crippen molar-refractivity contribution in [3.8, 4) is 0 Å². The minimum Gasteiger partial charge on any atom is -0.297 e. The Morgan fingerprint density at radius 2 is 2.23 bits per heavy atom. The molecule has 13 heavy (non-hydrogen) atoms. The zero-order chi connectivity index (χ0) is 10.3. The van der Waals surface area contributed by atoms with E-state index in [1.807, 2.05) is 6.92 Å². The fraction of sp³-hybridized carbons (Fsp3) is 0.875. The quantitative estimate of drug-likeness (QED) is 0.649. The molecule has 0 fully saturated rings. The predicted molar refractivity (Wildman–Crippen MR) is 49.5 cm³/mol. The van der Waals surface area contributed by atoms with Gasteiger partial charge in [0.25, 0.3) is 0 Å². The second-order valence-corrected chi connectivity index (χ2v) is 3.75. The van der Waals surface area contributed by atoms with Gasteiger partial charge in [0.15, 0.2) is 12.4 Å². The zero-order valence-corrected chi connectivity index (χ0v) is 8.92. The number of carbonyl (C=O) groups is 1. The van der Waals surface area contributed by atoms with Crippen LogP contribution in [0.5, 0.6) is 0 Å². The SMILES string of the molecule is CCCCC(C)C(=O)CO[P+](=O)O. The monoisotopic (exact) mass is 207 g/mol. The number of hydrogen-bond donors (Lipinski definition) is 1. The van der Waals surface area contributed by atoms with Gasteiger partial charge < -0.3 is 0 Å². The summed E-state index contributed by atoms with van der Waals surface area (Å²) in [6.45, 7) is 3.61. The van der Waals surface area contributed by atoms with Gasteiger partial charge in [0.1, 0.15) is 0 Å². The van der Waals surface area contributed by atoms with Crippen LogP contribution in [0.25, 0.3) is 0 Å². The average molecular weight is 207 g/mol. The molecule has 0 aliphatic carbocycles. The molecule has 1 N–H and O–H groups in total. The molecule has 0 bridgehead atoms. The smallest absolute Gasteiger partial charge is 0.297 e. The maximum atomic E-state index is 11.2. The highest BCUT2D eigenvalue weighted by atomic mass is 31.1. The highest BCUT2D eigenvalue weighted by Gasteiger charge is 2.19. The summed E-state index contributed by atoms with van der Waals surface area (Å²) >= 11 is 0. The molecule has 0 radical (unpaired) electrons. The van der Waals surface area contributed by atoms with Crippen molar-refractivity contribution in [1.29, 1.82) is 0 Å². The molecule has 5 heteroatoms. The van der Waals surface area contributed by atoms with Crippen LogP contribution in [-0.2, 0) is 13.9 Å². The van der Waals surface area contributed by atoms with E-state index >= 15 is 0 Å². The molecule has 2 atom stereocenters. The molecule has 76 valence electrons. The number of Topliss-reactive ketones (excluding diaryl/α,β-unsaturated/α-hetero) is 1. The van der Waals surface area contributed by atoms with Gasteiger partial charge in [0, 0.05) is 10.5 Å². The molecule has 0 aromatic carbocycles. The molecule has 0 aliphatic heterocycles. The van der Waals surface area contributed by atoms with Crippen LogP contribution in [0.4, 0.5) is 0 Å². The minimum atomic E-state index is -2.64. The lowest BCUT2D eigenvalue weighted by Crippen LogP contribution is -2.15. The van der Waals surface area contributed by atoms with Crippen LogP contribution in [0, 0.1) is 5.92 Å². The van der Waals surface area contributed by atoms with E-state index in [-0.39, 0.29) is 18.3 Å². The van der Waals surface area contributed by atoms with Gasteiger partial charge in [-0.15, -0.1) is 9.42 Å². The fourth-order valence-corrected chi connectivity index (χ4v) is 1.17. The predicted octanol–water partition coefficient (Wildman–Crippen LogP) is 2.05. The largest absolute Gasteiger partial charge is 0.695 e. The van der Waals surface area contributed by atoms with Gasteiger partial charge in [-0.1, -0.05) is 26.7 Å². The van der Waals surface area contributed by atoms with Gasteiger partial charge in [-0.05, 0) is 6.42 Å². The third-order valence-corrected chi connectivity index (χ3v) is 2.21. The average Bonchev–Trinajstić information content (AvgIpc) is 2.10. The van der Waals surface area contributed by atoms with E-state index in [4.69, 9.17) is 4.89 Å². The minimum absolute atomic E-state index is 0.0742. The summed E-state index contributed by atoms with van der Waals surface area (Å²) in [4.78, 5) is 19.5. The summed E-state index contributed by atoms with van der Waals surface area (Å²) in [7, 11) is -2.64. The Balaban J connectivity index is 3.63. The maximum absolute atomic E-state index is 11.2. The van der Waals surface area contributed by atoms with Crippen molar-refractivity contribution in [2.24, 2.45) is 5.92 Å². The standard InChI is InChI=1S/C8H15O4P/c1-3-4-5-7(2)8(9)6-12-13(10)11/h7H,3-6H2,1-2H3/p+1. The second kappa shape index (κ2) is 7.13. The van der Waals surface area contributed by atoms with E-state index in [0.29, 0.717) is 0 Å². The molecule has 0 aromatic heterocycles. The molecule has 2 unspecified atom stereocenters. The van der Waals surface area contributed by atoms with Gasteiger partial charge in [-0.25, -0.2) is 0 Å². The molecule has 0 spiro atoms. The summed E-state index contributed by atoms with van der Waals surface area (Å²) in [5.41, 5.74) is 0. The summed E-state index contributed by atoms with van der Waals surface area (Å²) < 4.78 is 14.4. The van der Waals surface area contributed by atoms with Crippen molar-refractivity contribution in [1.82, 2.24) is 0 Å². The first-order valence-corrected chi connectivity index (χ1v) is 5.52. The van der Waals surface area contributed by atoms with Crippen molar-refractivity contribution in [2.45, 2.75) is 33.1 Å². The first-order valence-electron chi connectivity index (χ1n) is 4.39. The molecule has 0 heterocycles. The third-order valence-electron chi connectivity index (χ3n) is 1.86. The summed E-state index contributed by atoms with van der Waals surface area (Å²) in [6, 6.07) is 0. The van der Waals surface area contributed by atoms with E-state index in [9.17, 15) is 9.36 Å². The van der Waals surface area contributed by atoms with E-state index in [1.54, 1.807) is 0 Å². The van der Waals surface area contributed by atoms with Gasteiger partial charge in [-0.3, -0.25) is 4.79 Å². The Bertz CT molecular complexity index is 181. The van der Waals surface area contributed by atoms with Crippen molar-refractivity contribution >= 4 is 14.0 Å².